The molecule has 1 aliphatic heterocycles. The Labute approximate surface area is 205 Å². The maximum absolute atomic E-state index is 13.3. The van der Waals surface area contributed by atoms with Gasteiger partial charge in [-0.2, -0.15) is 5.10 Å². The number of carbonyl (C=O) groups is 1. The molecule has 1 N–H and O–H groups in total. The standard InChI is InChI=1S/C28H33N5O2/c1-3-13-32-25-7-5-4-6-23(25)24-16-30-33(28(35)27(24)32)19-26(34)29-15-22-12-14-31(18-22)17-21-10-8-20(2)9-11-21/h4-11,16,22H,3,12-15,17-19H2,1-2H3,(H,29,34)/t22-/m0/s1. The van der Waals surface area contributed by atoms with Crippen molar-refractivity contribution in [3.05, 3.63) is 76.2 Å². The number of nitrogens with one attached hydrogen (secondary N) is 1. The molecule has 3 heterocycles. The van der Waals surface area contributed by atoms with Crippen molar-refractivity contribution in [3.8, 4) is 0 Å². The van der Waals surface area contributed by atoms with E-state index in [1.807, 2.05) is 24.3 Å². The maximum Gasteiger partial charge on any atom is 0.291 e. The first-order valence-corrected chi connectivity index (χ1v) is 12.5. The third kappa shape index (κ3) is 4.86. The lowest BCUT2D eigenvalue weighted by Crippen LogP contribution is -2.36. The van der Waals surface area contributed by atoms with Crippen LogP contribution in [0.4, 0.5) is 0 Å². The SMILES string of the molecule is CCCn1c2ccccc2c2cnn(CC(=O)NC[C@@H]3CCN(Cc4ccc(C)cc4)C3)c(=O)c21. The summed E-state index contributed by atoms with van der Waals surface area (Å²) in [6, 6.07) is 16.7. The highest BCUT2D eigenvalue weighted by atomic mass is 16.2. The van der Waals surface area contributed by atoms with Gasteiger partial charge in [0.15, 0.2) is 0 Å². The highest BCUT2D eigenvalue weighted by Gasteiger charge is 2.23. The summed E-state index contributed by atoms with van der Waals surface area (Å²) in [7, 11) is 0. The van der Waals surface area contributed by atoms with E-state index in [-0.39, 0.29) is 18.0 Å². The summed E-state index contributed by atoms with van der Waals surface area (Å²) in [5.74, 6) is 0.248. The summed E-state index contributed by atoms with van der Waals surface area (Å²) in [4.78, 5) is 28.5. The molecular weight excluding hydrogens is 438 g/mol. The molecule has 4 aromatic rings. The van der Waals surface area contributed by atoms with Crippen LogP contribution in [0.15, 0.2) is 59.5 Å². The molecule has 1 atom stereocenters. The number of hydrogen-bond acceptors (Lipinski definition) is 4. The van der Waals surface area contributed by atoms with Gasteiger partial charge in [0.2, 0.25) is 5.91 Å². The van der Waals surface area contributed by atoms with Gasteiger partial charge < -0.3 is 9.88 Å². The number of rotatable bonds is 8. The molecule has 1 aliphatic rings. The second-order valence-corrected chi connectivity index (χ2v) is 9.72. The number of carbonyl (C=O) groups excluding carboxylic acids is 1. The van der Waals surface area contributed by atoms with Crippen molar-refractivity contribution < 1.29 is 4.79 Å². The van der Waals surface area contributed by atoms with Crippen LogP contribution in [0, 0.1) is 12.8 Å². The van der Waals surface area contributed by atoms with Gasteiger partial charge in [0, 0.05) is 42.5 Å². The molecule has 5 rings (SSSR count). The zero-order valence-corrected chi connectivity index (χ0v) is 20.5. The molecule has 0 spiro atoms. The van der Waals surface area contributed by atoms with Gasteiger partial charge in [-0.25, -0.2) is 4.68 Å². The molecule has 0 bridgehead atoms. The minimum absolute atomic E-state index is 0.0672. The van der Waals surface area contributed by atoms with E-state index < -0.39 is 0 Å². The van der Waals surface area contributed by atoms with E-state index in [1.165, 1.54) is 15.8 Å². The predicted molar refractivity (Wildman–Crippen MR) is 139 cm³/mol. The predicted octanol–water partition coefficient (Wildman–Crippen LogP) is 3.71. The molecule has 2 aromatic heterocycles. The molecule has 0 saturated carbocycles. The van der Waals surface area contributed by atoms with E-state index in [0.29, 0.717) is 18.0 Å². The van der Waals surface area contributed by atoms with Gasteiger partial charge in [0.05, 0.1) is 6.20 Å². The van der Waals surface area contributed by atoms with Crippen LogP contribution in [0.1, 0.15) is 30.9 Å². The first kappa shape index (κ1) is 23.3. The molecule has 1 saturated heterocycles. The Hall–Kier alpha value is -3.45. The topological polar surface area (TPSA) is 72.2 Å². The first-order chi connectivity index (χ1) is 17.0. The average Bonchev–Trinajstić information content (AvgIpc) is 3.44. The fourth-order valence-corrected chi connectivity index (χ4v) is 5.19. The molecule has 182 valence electrons. The summed E-state index contributed by atoms with van der Waals surface area (Å²) in [6.07, 6.45) is 3.70. The van der Waals surface area contributed by atoms with Crippen LogP contribution in [-0.2, 0) is 24.4 Å². The summed E-state index contributed by atoms with van der Waals surface area (Å²) in [5, 5.41) is 9.24. The van der Waals surface area contributed by atoms with Crippen LogP contribution in [0.2, 0.25) is 0 Å². The average molecular weight is 472 g/mol. The molecule has 0 radical (unpaired) electrons. The third-order valence-corrected chi connectivity index (χ3v) is 7.00. The maximum atomic E-state index is 13.3. The Morgan fingerprint density at radius 1 is 1.11 bits per heavy atom. The summed E-state index contributed by atoms with van der Waals surface area (Å²) >= 11 is 0. The highest BCUT2D eigenvalue weighted by molar-refractivity contribution is 6.07. The van der Waals surface area contributed by atoms with Crippen molar-refractivity contribution in [1.29, 1.82) is 0 Å². The molecule has 0 unspecified atom stereocenters. The van der Waals surface area contributed by atoms with Crippen LogP contribution in [0.5, 0.6) is 0 Å². The van der Waals surface area contributed by atoms with Crippen LogP contribution in [0.25, 0.3) is 21.8 Å². The van der Waals surface area contributed by atoms with Gasteiger partial charge in [-0.3, -0.25) is 14.5 Å². The number of aromatic nitrogens is 3. The number of nitrogens with zero attached hydrogens (tertiary/aromatic N) is 4. The zero-order valence-electron chi connectivity index (χ0n) is 20.5. The smallest absolute Gasteiger partial charge is 0.291 e. The second kappa shape index (κ2) is 10.0. The molecule has 7 nitrogen and oxygen atoms in total. The van der Waals surface area contributed by atoms with E-state index in [4.69, 9.17) is 0 Å². The fourth-order valence-electron chi connectivity index (χ4n) is 5.19. The molecule has 1 amide bonds. The lowest BCUT2D eigenvalue weighted by molar-refractivity contribution is -0.122. The summed E-state index contributed by atoms with van der Waals surface area (Å²) in [6.45, 7) is 8.44. The normalized spacial score (nSPS) is 16.3. The van der Waals surface area contributed by atoms with Crippen LogP contribution in [-0.4, -0.2) is 44.8 Å². The number of likely N-dealkylation sites (tertiary alicyclic amines) is 1. The van der Waals surface area contributed by atoms with E-state index >= 15 is 0 Å². The van der Waals surface area contributed by atoms with Crippen LogP contribution >= 0.6 is 0 Å². The van der Waals surface area contributed by atoms with Gasteiger partial charge in [0.1, 0.15) is 12.1 Å². The van der Waals surface area contributed by atoms with E-state index in [9.17, 15) is 9.59 Å². The number of fused-ring (bicyclic) bond motifs is 3. The molecule has 2 aromatic carbocycles. The van der Waals surface area contributed by atoms with Crippen LogP contribution < -0.4 is 10.9 Å². The molecule has 7 heteroatoms. The molecular formula is C28H33N5O2. The fraction of sp³-hybridized carbons (Fsp3) is 0.393. The third-order valence-electron chi connectivity index (χ3n) is 7.00. The minimum atomic E-state index is -0.215. The lowest BCUT2D eigenvalue weighted by atomic mass is 10.1. The van der Waals surface area contributed by atoms with Crippen molar-refractivity contribution in [2.45, 2.75) is 46.3 Å². The number of para-hydroxylation sites is 1. The number of hydrogen-bond donors (Lipinski definition) is 1. The Balaban J connectivity index is 1.23. The molecule has 0 aliphatic carbocycles. The van der Waals surface area contributed by atoms with Crippen LogP contribution in [0.3, 0.4) is 0 Å². The lowest BCUT2D eigenvalue weighted by Gasteiger charge is -2.16. The summed E-state index contributed by atoms with van der Waals surface area (Å²) in [5.41, 5.74) is 4.03. The Bertz CT molecular complexity index is 1400. The van der Waals surface area contributed by atoms with E-state index in [0.717, 1.165) is 55.3 Å². The Morgan fingerprint density at radius 2 is 1.91 bits per heavy atom. The number of benzene rings is 2. The quantitative estimate of drug-likeness (QED) is 0.425. The van der Waals surface area contributed by atoms with Crippen molar-refractivity contribution in [2.24, 2.45) is 5.92 Å². The van der Waals surface area contributed by atoms with E-state index in [2.05, 4.69) is 58.0 Å². The molecule has 1 fully saturated rings. The monoisotopic (exact) mass is 471 g/mol. The number of amides is 1. The molecule has 35 heavy (non-hydrogen) atoms. The largest absolute Gasteiger partial charge is 0.354 e. The minimum Gasteiger partial charge on any atom is -0.354 e. The highest BCUT2D eigenvalue weighted by Crippen LogP contribution is 2.26. The van der Waals surface area contributed by atoms with Crippen molar-refractivity contribution in [1.82, 2.24) is 24.6 Å². The Morgan fingerprint density at radius 3 is 2.71 bits per heavy atom. The van der Waals surface area contributed by atoms with Gasteiger partial charge >= 0.3 is 0 Å². The van der Waals surface area contributed by atoms with Crippen molar-refractivity contribution >= 4 is 27.7 Å². The van der Waals surface area contributed by atoms with E-state index in [1.54, 1.807) is 6.20 Å². The van der Waals surface area contributed by atoms with Gasteiger partial charge in [0.25, 0.3) is 5.56 Å². The first-order valence-electron chi connectivity index (χ1n) is 12.5. The summed E-state index contributed by atoms with van der Waals surface area (Å²) < 4.78 is 3.35. The second-order valence-electron chi connectivity index (χ2n) is 9.72. The Kier molecular flexibility index (Phi) is 6.68. The van der Waals surface area contributed by atoms with Gasteiger partial charge in [-0.05, 0) is 43.9 Å². The van der Waals surface area contributed by atoms with Gasteiger partial charge in [-0.15, -0.1) is 0 Å². The van der Waals surface area contributed by atoms with Crippen molar-refractivity contribution in [3.63, 3.8) is 0 Å². The zero-order chi connectivity index (χ0) is 24.4. The van der Waals surface area contributed by atoms with Gasteiger partial charge in [-0.1, -0.05) is 55.0 Å². The number of aryl methyl sites for hydroxylation is 2. The van der Waals surface area contributed by atoms with Crippen molar-refractivity contribution in [2.75, 3.05) is 19.6 Å².